The highest BCUT2D eigenvalue weighted by atomic mass is 35.5. The number of carbonyl (C=O) groups is 1. The molecule has 1 heterocycles. The highest BCUT2D eigenvalue weighted by Crippen LogP contribution is 2.34. The Labute approximate surface area is 133 Å². The Bertz CT molecular complexity index is 643. The minimum atomic E-state index is -4.39. The van der Waals surface area contributed by atoms with Gasteiger partial charge in [-0.3, -0.25) is 4.79 Å². The molecule has 1 amide bonds. The average molecular weight is 350 g/mol. The minimum Gasteiger partial charge on any atom is -0.360 e. The molecule has 0 fully saturated rings. The molecular formula is C13H11ClF3N3OS. The molecule has 0 aliphatic heterocycles. The summed E-state index contributed by atoms with van der Waals surface area (Å²) in [6.07, 6.45) is -3.61. The summed E-state index contributed by atoms with van der Waals surface area (Å²) in [5, 5.41) is 6.05. The van der Waals surface area contributed by atoms with Crippen LogP contribution in [0.15, 0.2) is 30.5 Å². The number of carbonyl (C=O) groups excluding carboxylic acids is 1. The number of hydrogen-bond donors (Lipinski definition) is 2. The van der Waals surface area contributed by atoms with Gasteiger partial charge in [-0.1, -0.05) is 22.9 Å². The zero-order valence-corrected chi connectivity index (χ0v) is 12.6. The first-order valence-electron chi connectivity index (χ1n) is 6.17. The van der Waals surface area contributed by atoms with Gasteiger partial charge in [-0.25, -0.2) is 4.98 Å². The van der Waals surface area contributed by atoms with Crippen molar-refractivity contribution in [1.29, 1.82) is 0 Å². The van der Waals surface area contributed by atoms with Crippen LogP contribution in [0.4, 0.5) is 18.3 Å². The number of aromatic nitrogens is 1. The second kappa shape index (κ2) is 6.97. The highest BCUT2D eigenvalue weighted by Gasteiger charge is 2.33. The average Bonchev–Trinajstić information content (AvgIpc) is 2.93. The fourth-order valence-electron chi connectivity index (χ4n) is 1.54. The number of amides is 1. The Kier molecular flexibility index (Phi) is 5.25. The van der Waals surface area contributed by atoms with E-state index in [4.69, 9.17) is 11.6 Å². The van der Waals surface area contributed by atoms with Crippen LogP contribution in [0.3, 0.4) is 0 Å². The van der Waals surface area contributed by atoms with Crippen LogP contribution in [0.2, 0.25) is 5.02 Å². The first kappa shape index (κ1) is 16.6. The molecule has 1 aromatic carbocycles. The van der Waals surface area contributed by atoms with Crippen molar-refractivity contribution in [1.82, 2.24) is 10.3 Å². The van der Waals surface area contributed by atoms with Gasteiger partial charge >= 0.3 is 6.18 Å². The summed E-state index contributed by atoms with van der Waals surface area (Å²) in [5.74, 6) is -0.284. The molecule has 4 nitrogen and oxygen atoms in total. The van der Waals surface area contributed by atoms with E-state index in [-0.39, 0.29) is 24.1 Å². The molecule has 0 radical (unpaired) electrons. The summed E-state index contributed by atoms with van der Waals surface area (Å²) in [6, 6.07) is 6.37. The number of nitrogens with zero attached hydrogens (tertiary/aromatic N) is 1. The lowest BCUT2D eigenvalue weighted by Crippen LogP contribution is -2.28. The summed E-state index contributed by atoms with van der Waals surface area (Å²) in [4.78, 5) is 14.6. The second-order valence-corrected chi connectivity index (χ2v) is 5.68. The number of benzene rings is 1. The molecule has 0 unspecified atom stereocenters. The fraction of sp³-hybridized carbons (Fsp3) is 0.231. The van der Waals surface area contributed by atoms with Gasteiger partial charge in [0.2, 0.25) is 0 Å². The van der Waals surface area contributed by atoms with E-state index >= 15 is 0 Å². The van der Waals surface area contributed by atoms with Crippen LogP contribution in [0.5, 0.6) is 0 Å². The molecule has 0 aliphatic carbocycles. The Morgan fingerprint density at radius 2 is 1.91 bits per heavy atom. The number of thiazole rings is 1. The van der Waals surface area contributed by atoms with Crippen LogP contribution in [0.25, 0.3) is 0 Å². The lowest BCUT2D eigenvalue weighted by molar-refractivity contribution is -0.134. The summed E-state index contributed by atoms with van der Waals surface area (Å²) in [6.45, 7) is 0.520. The van der Waals surface area contributed by atoms with Crippen molar-refractivity contribution in [3.8, 4) is 0 Å². The molecule has 0 aliphatic rings. The summed E-state index contributed by atoms with van der Waals surface area (Å²) in [7, 11) is 0. The molecular weight excluding hydrogens is 339 g/mol. The molecule has 0 spiro atoms. The first-order valence-corrected chi connectivity index (χ1v) is 7.36. The number of halogens is 4. The lowest BCUT2D eigenvalue weighted by Gasteiger charge is -2.06. The predicted octanol–water partition coefficient (Wildman–Crippen LogP) is 3.66. The molecule has 0 bridgehead atoms. The predicted molar refractivity (Wildman–Crippen MR) is 79.4 cm³/mol. The van der Waals surface area contributed by atoms with Crippen LogP contribution in [0.1, 0.15) is 15.2 Å². The number of rotatable bonds is 5. The topological polar surface area (TPSA) is 54.0 Å². The van der Waals surface area contributed by atoms with E-state index in [0.29, 0.717) is 21.9 Å². The Hall–Kier alpha value is -1.80. The van der Waals surface area contributed by atoms with Gasteiger partial charge in [0.25, 0.3) is 5.91 Å². The van der Waals surface area contributed by atoms with Gasteiger partial charge < -0.3 is 10.6 Å². The maximum atomic E-state index is 12.4. The standard InChI is InChI=1S/C13H11ClF3N3OS/c14-9-3-1-8(2-4-9)11(21)18-5-6-19-12-20-7-10(22-12)13(15,16)17/h1-4,7H,5-6H2,(H,18,21)(H,19,20). The van der Waals surface area contributed by atoms with Crippen molar-refractivity contribution in [2.45, 2.75) is 6.18 Å². The van der Waals surface area contributed by atoms with Crippen LogP contribution < -0.4 is 10.6 Å². The van der Waals surface area contributed by atoms with Crippen LogP contribution in [-0.4, -0.2) is 24.0 Å². The Morgan fingerprint density at radius 1 is 1.23 bits per heavy atom. The van der Waals surface area contributed by atoms with Crippen molar-refractivity contribution in [3.05, 3.63) is 45.9 Å². The molecule has 2 rings (SSSR count). The fourth-order valence-corrected chi connectivity index (χ4v) is 2.37. The van der Waals surface area contributed by atoms with Crippen molar-refractivity contribution in [2.75, 3.05) is 18.4 Å². The van der Waals surface area contributed by atoms with Gasteiger partial charge in [0.1, 0.15) is 4.88 Å². The van der Waals surface area contributed by atoms with Crippen LogP contribution in [0, 0.1) is 0 Å². The van der Waals surface area contributed by atoms with E-state index in [0.717, 1.165) is 6.20 Å². The van der Waals surface area contributed by atoms with Gasteiger partial charge in [0.05, 0.1) is 6.20 Å². The zero-order chi connectivity index (χ0) is 16.2. The zero-order valence-electron chi connectivity index (χ0n) is 11.1. The molecule has 118 valence electrons. The van der Waals surface area contributed by atoms with Gasteiger partial charge in [0.15, 0.2) is 5.13 Å². The summed E-state index contributed by atoms with van der Waals surface area (Å²) in [5.41, 5.74) is 0.456. The SMILES string of the molecule is O=C(NCCNc1ncc(C(F)(F)F)s1)c1ccc(Cl)cc1. The second-order valence-electron chi connectivity index (χ2n) is 4.22. The number of alkyl halides is 3. The van der Waals surface area contributed by atoms with Gasteiger partial charge in [-0.2, -0.15) is 13.2 Å². The molecule has 2 N–H and O–H groups in total. The molecule has 0 saturated heterocycles. The maximum Gasteiger partial charge on any atom is 0.427 e. The third kappa shape index (κ3) is 4.60. The van der Waals surface area contributed by atoms with Crippen molar-refractivity contribution < 1.29 is 18.0 Å². The normalized spacial score (nSPS) is 11.3. The van der Waals surface area contributed by atoms with E-state index in [1.165, 1.54) is 0 Å². The first-order chi connectivity index (χ1) is 10.4. The maximum absolute atomic E-state index is 12.4. The molecule has 22 heavy (non-hydrogen) atoms. The molecule has 1 aromatic heterocycles. The molecule has 9 heteroatoms. The number of nitrogens with one attached hydrogen (secondary N) is 2. The third-order valence-electron chi connectivity index (χ3n) is 2.58. The molecule has 2 aromatic rings. The molecule has 0 saturated carbocycles. The van der Waals surface area contributed by atoms with E-state index in [9.17, 15) is 18.0 Å². The summed E-state index contributed by atoms with van der Waals surface area (Å²) < 4.78 is 37.2. The van der Waals surface area contributed by atoms with E-state index in [2.05, 4.69) is 15.6 Å². The van der Waals surface area contributed by atoms with E-state index in [1.54, 1.807) is 24.3 Å². The van der Waals surface area contributed by atoms with Crippen LogP contribution in [-0.2, 0) is 6.18 Å². The Morgan fingerprint density at radius 3 is 2.50 bits per heavy atom. The van der Waals surface area contributed by atoms with Crippen molar-refractivity contribution in [3.63, 3.8) is 0 Å². The smallest absolute Gasteiger partial charge is 0.360 e. The lowest BCUT2D eigenvalue weighted by atomic mass is 10.2. The Balaban J connectivity index is 1.76. The third-order valence-corrected chi connectivity index (χ3v) is 3.83. The quantitative estimate of drug-likeness (QED) is 0.810. The number of anilines is 1. The minimum absolute atomic E-state index is 0.160. The van der Waals surface area contributed by atoms with Crippen LogP contribution >= 0.6 is 22.9 Å². The van der Waals surface area contributed by atoms with Crippen molar-refractivity contribution in [2.24, 2.45) is 0 Å². The monoisotopic (exact) mass is 349 g/mol. The van der Waals surface area contributed by atoms with Gasteiger partial charge in [-0.15, -0.1) is 0 Å². The summed E-state index contributed by atoms with van der Waals surface area (Å²) >= 11 is 6.24. The van der Waals surface area contributed by atoms with Crippen molar-refractivity contribution >= 4 is 34.0 Å². The van der Waals surface area contributed by atoms with E-state index in [1.807, 2.05) is 0 Å². The largest absolute Gasteiger partial charge is 0.427 e. The van der Waals surface area contributed by atoms with Gasteiger partial charge in [-0.05, 0) is 24.3 Å². The highest BCUT2D eigenvalue weighted by molar-refractivity contribution is 7.15. The van der Waals surface area contributed by atoms with E-state index < -0.39 is 11.1 Å². The number of hydrogen-bond acceptors (Lipinski definition) is 4. The molecule has 0 atom stereocenters. The van der Waals surface area contributed by atoms with Gasteiger partial charge in [0, 0.05) is 23.7 Å².